The van der Waals surface area contributed by atoms with Crippen molar-refractivity contribution in [3.63, 3.8) is 0 Å². The molecular weight excluding hydrogens is 266 g/mol. The minimum absolute atomic E-state index is 0.0113. The largest absolute Gasteiger partial charge is 0.493 e. The Morgan fingerprint density at radius 1 is 1.50 bits per heavy atom. The lowest BCUT2D eigenvalue weighted by Gasteiger charge is -2.16. The van der Waals surface area contributed by atoms with Crippen molar-refractivity contribution in [1.82, 2.24) is 5.32 Å². The summed E-state index contributed by atoms with van der Waals surface area (Å²) in [6.07, 6.45) is 0. The van der Waals surface area contributed by atoms with Gasteiger partial charge in [0.15, 0.2) is 11.5 Å². The van der Waals surface area contributed by atoms with Crippen LogP contribution in [0.4, 0.5) is 5.69 Å². The van der Waals surface area contributed by atoms with Crippen LogP contribution in [-0.2, 0) is 4.79 Å². The Hall–Kier alpha value is -2.35. The van der Waals surface area contributed by atoms with Gasteiger partial charge in [0.25, 0.3) is 5.69 Å². The van der Waals surface area contributed by atoms with E-state index in [0.717, 1.165) is 0 Å². The molecule has 0 saturated heterocycles. The summed E-state index contributed by atoms with van der Waals surface area (Å²) in [4.78, 5) is 21.3. The number of hydrogen-bond acceptors (Lipinski definition) is 6. The van der Waals surface area contributed by atoms with Crippen molar-refractivity contribution in [2.24, 2.45) is 5.73 Å². The number of primary amides is 1. The van der Waals surface area contributed by atoms with Gasteiger partial charge in [-0.15, -0.1) is 0 Å². The molecule has 1 atom stereocenters. The number of likely N-dealkylation sites (N-methyl/N-ethyl adjacent to an activating group) is 1. The highest BCUT2D eigenvalue weighted by atomic mass is 16.6. The van der Waals surface area contributed by atoms with E-state index in [2.05, 4.69) is 5.32 Å². The zero-order chi connectivity index (χ0) is 15.1. The molecule has 0 aliphatic carbocycles. The lowest BCUT2D eigenvalue weighted by molar-refractivity contribution is -0.385. The van der Waals surface area contributed by atoms with Gasteiger partial charge in [-0.25, -0.2) is 0 Å². The number of rotatable bonds is 8. The van der Waals surface area contributed by atoms with Gasteiger partial charge in [-0.1, -0.05) is 6.92 Å². The van der Waals surface area contributed by atoms with Crippen molar-refractivity contribution in [1.29, 1.82) is 0 Å². The summed E-state index contributed by atoms with van der Waals surface area (Å²) in [5.41, 5.74) is 5.12. The number of nitrogens with one attached hydrogen (secondary N) is 1. The molecule has 8 nitrogen and oxygen atoms in total. The second-order valence-electron chi connectivity index (χ2n) is 3.92. The number of nitro groups is 1. The van der Waals surface area contributed by atoms with E-state index in [9.17, 15) is 14.9 Å². The number of carbonyl (C=O) groups is 1. The number of methoxy groups -OCH3 is 1. The van der Waals surface area contributed by atoms with Gasteiger partial charge in [-0.2, -0.15) is 0 Å². The van der Waals surface area contributed by atoms with E-state index in [1.165, 1.54) is 25.3 Å². The number of hydrogen-bond donors (Lipinski definition) is 2. The molecule has 0 spiro atoms. The first-order valence-corrected chi connectivity index (χ1v) is 5.97. The Labute approximate surface area is 116 Å². The highest BCUT2D eigenvalue weighted by Gasteiger charge is 2.17. The molecule has 1 aromatic carbocycles. The van der Waals surface area contributed by atoms with Crippen molar-refractivity contribution in [2.45, 2.75) is 13.0 Å². The second-order valence-corrected chi connectivity index (χ2v) is 3.92. The van der Waals surface area contributed by atoms with Crippen molar-refractivity contribution in [3.05, 3.63) is 28.3 Å². The fraction of sp³-hybridized carbons (Fsp3) is 0.417. The average Bonchev–Trinajstić information content (AvgIpc) is 2.42. The third-order valence-corrected chi connectivity index (χ3v) is 2.56. The lowest BCUT2D eigenvalue weighted by Crippen LogP contribution is -2.45. The van der Waals surface area contributed by atoms with E-state index in [-0.39, 0.29) is 18.0 Å². The molecule has 0 aliphatic heterocycles. The molecule has 0 radical (unpaired) electrons. The van der Waals surface area contributed by atoms with Crippen LogP contribution < -0.4 is 20.5 Å². The van der Waals surface area contributed by atoms with E-state index in [1.807, 2.05) is 6.92 Å². The van der Waals surface area contributed by atoms with Crippen LogP contribution >= 0.6 is 0 Å². The molecule has 20 heavy (non-hydrogen) atoms. The maximum absolute atomic E-state index is 11.2. The number of non-ortho nitro benzene ring substituents is 1. The van der Waals surface area contributed by atoms with Gasteiger partial charge >= 0.3 is 0 Å². The number of carbonyl (C=O) groups excluding carboxylic acids is 1. The standard InChI is InChI=1S/C12H17N3O5/c1-3-14-9(12(13)16)7-20-10-5-4-8(15(17)18)6-11(10)19-2/h4-6,9,14H,3,7H2,1-2H3,(H2,13,16). The van der Waals surface area contributed by atoms with E-state index >= 15 is 0 Å². The van der Waals surface area contributed by atoms with Gasteiger partial charge < -0.3 is 20.5 Å². The molecule has 1 unspecified atom stereocenters. The number of nitrogens with two attached hydrogens (primary N) is 1. The Balaban J connectivity index is 2.81. The fourth-order valence-corrected chi connectivity index (χ4v) is 1.55. The normalized spacial score (nSPS) is 11.7. The molecule has 1 amide bonds. The third-order valence-electron chi connectivity index (χ3n) is 2.56. The average molecular weight is 283 g/mol. The van der Waals surface area contributed by atoms with E-state index in [0.29, 0.717) is 12.3 Å². The Bertz CT molecular complexity index is 492. The minimum Gasteiger partial charge on any atom is -0.493 e. The predicted molar refractivity (Wildman–Crippen MR) is 71.8 cm³/mol. The number of nitro benzene ring substituents is 1. The summed E-state index contributed by atoms with van der Waals surface area (Å²) in [5, 5.41) is 13.5. The number of nitrogens with zero attached hydrogens (tertiary/aromatic N) is 1. The summed E-state index contributed by atoms with van der Waals surface area (Å²) in [5.74, 6) is -0.00565. The third kappa shape index (κ3) is 4.09. The van der Waals surface area contributed by atoms with Crippen LogP contribution in [0.1, 0.15) is 6.92 Å². The molecule has 3 N–H and O–H groups in total. The van der Waals surface area contributed by atoms with Crippen LogP contribution in [-0.4, -0.2) is 37.1 Å². The quantitative estimate of drug-likeness (QED) is 0.528. The van der Waals surface area contributed by atoms with Crippen molar-refractivity contribution >= 4 is 11.6 Å². The SMILES string of the molecule is CCNC(COc1ccc([N+](=O)[O-])cc1OC)C(N)=O. The Kier molecular flexibility index (Phi) is 5.73. The van der Waals surface area contributed by atoms with Gasteiger partial charge in [0, 0.05) is 6.07 Å². The molecule has 0 fully saturated rings. The van der Waals surface area contributed by atoms with Crippen molar-refractivity contribution in [3.8, 4) is 11.5 Å². The molecular formula is C12H17N3O5. The molecule has 0 saturated carbocycles. The zero-order valence-corrected chi connectivity index (χ0v) is 11.3. The molecule has 1 aromatic rings. The van der Waals surface area contributed by atoms with Crippen LogP contribution in [0.5, 0.6) is 11.5 Å². The Morgan fingerprint density at radius 2 is 2.20 bits per heavy atom. The minimum atomic E-state index is -0.639. The van der Waals surface area contributed by atoms with Crippen LogP contribution in [0.15, 0.2) is 18.2 Å². The first kappa shape index (κ1) is 15.7. The molecule has 0 heterocycles. The van der Waals surface area contributed by atoms with Crippen LogP contribution in [0.2, 0.25) is 0 Å². The maximum atomic E-state index is 11.2. The van der Waals surface area contributed by atoms with Crippen LogP contribution in [0.3, 0.4) is 0 Å². The number of benzene rings is 1. The van der Waals surface area contributed by atoms with E-state index in [4.69, 9.17) is 15.2 Å². The monoisotopic (exact) mass is 283 g/mol. The summed E-state index contributed by atoms with van der Waals surface area (Å²) < 4.78 is 10.5. The maximum Gasteiger partial charge on any atom is 0.273 e. The highest BCUT2D eigenvalue weighted by molar-refractivity contribution is 5.80. The van der Waals surface area contributed by atoms with Crippen LogP contribution in [0, 0.1) is 10.1 Å². The predicted octanol–water partition coefficient (Wildman–Crippen LogP) is 0.446. The summed E-state index contributed by atoms with van der Waals surface area (Å²) in [7, 11) is 1.38. The molecule has 8 heteroatoms. The molecule has 0 aromatic heterocycles. The molecule has 110 valence electrons. The summed E-state index contributed by atoms with van der Waals surface area (Å²) >= 11 is 0. The molecule has 0 bridgehead atoms. The van der Waals surface area contributed by atoms with Crippen molar-refractivity contribution in [2.75, 3.05) is 20.3 Å². The Morgan fingerprint density at radius 3 is 2.70 bits per heavy atom. The fourth-order valence-electron chi connectivity index (χ4n) is 1.55. The van der Waals surface area contributed by atoms with E-state index < -0.39 is 16.9 Å². The highest BCUT2D eigenvalue weighted by Crippen LogP contribution is 2.31. The molecule has 0 aliphatic rings. The van der Waals surface area contributed by atoms with Gasteiger partial charge in [0.2, 0.25) is 5.91 Å². The topological polar surface area (TPSA) is 117 Å². The second kappa shape index (κ2) is 7.29. The smallest absolute Gasteiger partial charge is 0.273 e. The summed E-state index contributed by atoms with van der Waals surface area (Å²) in [6.45, 7) is 2.41. The van der Waals surface area contributed by atoms with Gasteiger partial charge in [-0.05, 0) is 12.6 Å². The van der Waals surface area contributed by atoms with Gasteiger partial charge in [-0.3, -0.25) is 14.9 Å². The lowest BCUT2D eigenvalue weighted by atomic mass is 10.2. The molecule has 1 rings (SSSR count). The van der Waals surface area contributed by atoms with Gasteiger partial charge in [0.05, 0.1) is 18.1 Å². The first-order chi connectivity index (χ1) is 9.49. The first-order valence-electron chi connectivity index (χ1n) is 5.97. The number of amides is 1. The number of ether oxygens (including phenoxy) is 2. The van der Waals surface area contributed by atoms with Crippen molar-refractivity contribution < 1.29 is 19.2 Å². The van der Waals surface area contributed by atoms with Gasteiger partial charge in [0.1, 0.15) is 12.6 Å². The van der Waals surface area contributed by atoms with E-state index in [1.54, 1.807) is 0 Å². The zero-order valence-electron chi connectivity index (χ0n) is 11.3. The van der Waals surface area contributed by atoms with Crippen LogP contribution in [0.25, 0.3) is 0 Å². The summed E-state index contributed by atoms with van der Waals surface area (Å²) in [6, 6.07) is 3.33.